The molecule has 1 rings (SSSR count). The third-order valence-corrected chi connectivity index (χ3v) is 1.59. The van der Waals surface area contributed by atoms with Crippen molar-refractivity contribution < 1.29 is 44.3 Å². The molecule has 1 atom stereocenters. The number of carbonyl (C=O) groups is 2. The minimum atomic E-state index is -1.21. The zero-order valence-corrected chi connectivity index (χ0v) is 7.92. The molecule has 0 N–H and O–H groups in total. The van der Waals surface area contributed by atoms with Crippen LogP contribution in [-0.2, 0) is 9.59 Å². The van der Waals surface area contributed by atoms with Crippen molar-refractivity contribution in [3.63, 3.8) is 0 Å². The fourth-order valence-electron chi connectivity index (χ4n) is 1.06. The van der Waals surface area contributed by atoms with Crippen LogP contribution < -0.4 is 34.7 Å². The van der Waals surface area contributed by atoms with E-state index in [4.69, 9.17) is 0 Å². The van der Waals surface area contributed by atoms with E-state index in [1.807, 2.05) is 0 Å². The molecule has 0 spiro atoms. The van der Waals surface area contributed by atoms with Gasteiger partial charge in [0.15, 0.2) is 0 Å². The molecule has 1 saturated carbocycles. The number of carbonyl (C=O) groups excluding carboxylic acids is 2. The Labute approximate surface area is 81.1 Å². The van der Waals surface area contributed by atoms with Gasteiger partial charge in [-0.2, -0.15) is 0 Å². The van der Waals surface area contributed by atoms with E-state index >= 15 is 0 Å². The van der Waals surface area contributed by atoms with Crippen molar-refractivity contribution in [3.05, 3.63) is 0 Å². The zero-order valence-electron chi connectivity index (χ0n) is 5.92. The average molecular weight is 150 g/mol. The van der Waals surface area contributed by atoms with Gasteiger partial charge in [0, 0.05) is 6.42 Å². The molecule has 1 unspecified atom stereocenters. The third-order valence-electron chi connectivity index (χ3n) is 1.59. The quantitative estimate of drug-likeness (QED) is 0.283. The van der Waals surface area contributed by atoms with Crippen molar-refractivity contribution in [2.75, 3.05) is 0 Å². The second-order valence-electron chi connectivity index (χ2n) is 2.23. The first-order valence-electron chi connectivity index (χ1n) is 2.95. The van der Waals surface area contributed by atoms with Gasteiger partial charge < -0.3 is 9.90 Å². The van der Waals surface area contributed by atoms with Gasteiger partial charge >= 0.3 is 29.6 Å². The molecule has 0 bridgehead atoms. The van der Waals surface area contributed by atoms with E-state index in [9.17, 15) is 14.7 Å². The van der Waals surface area contributed by atoms with Gasteiger partial charge in [0.05, 0.1) is 11.9 Å². The van der Waals surface area contributed by atoms with Crippen LogP contribution in [-0.4, -0.2) is 11.8 Å². The van der Waals surface area contributed by atoms with Gasteiger partial charge in [0.1, 0.15) is 5.78 Å². The predicted octanol–water partition coefficient (Wildman–Crippen LogP) is -3.89. The molecule has 10 heavy (non-hydrogen) atoms. The van der Waals surface area contributed by atoms with Gasteiger partial charge in [0.25, 0.3) is 0 Å². The maximum Gasteiger partial charge on any atom is 1.00 e. The molecule has 0 aromatic heterocycles. The van der Waals surface area contributed by atoms with Crippen LogP contribution in [0.3, 0.4) is 0 Å². The number of carboxylic acid groups (broad SMARTS) is 1. The van der Waals surface area contributed by atoms with E-state index in [2.05, 4.69) is 0 Å². The van der Waals surface area contributed by atoms with E-state index in [-0.39, 0.29) is 35.3 Å². The van der Waals surface area contributed by atoms with E-state index in [0.717, 1.165) is 0 Å². The predicted molar refractivity (Wildman–Crippen MR) is 27.4 cm³/mol. The van der Waals surface area contributed by atoms with Crippen LogP contribution in [0.4, 0.5) is 0 Å². The molecule has 0 heterocycles. The van der Waals surface area contributed by atoms with E-state index < -0.39 is 11.9 Å². The molecule has 4 heteroatoms. The molecule has 0 aromatic carbocycles. The zero-order chi connectivity index (χ0) is 6.85. The van der Waals surface area contributed by atoms with Gasteiger partial charge in [0.2, 0.25) is 0 Å². The summed E-state index contributed by atoms with van der Waals surface area (Å²) < 4.78 is 0. The second-order valence-corrected chi connectivity index (χ2v) is 2.23. The third kappa shape index (κ3) is 2.08. The van der Waals surface area contributed by atoms with Crippen molar-refractivity contribution in [3.8, 4) is 0 Å². The minimum Gasteiger partial charge on any atom is -0.549 e. The summed E-state index contributed by atoms with van der Waals surface area (Å²) in [5.74, 6) is -2.18. The van der Waals surface area contributed by atoms with E-state index in [1.165, 1.54) is 0 Å². The summed E-state index contributed by atoms with van der Waals surface area (Å²) in [6.07, 6.45) is 1.59. The molecule has 0 saturated heterocycles. The standard InChI is InChI=1S/C6H8O3.Na/c7-5-3-1-2-4(5)6(8)9;/h4H,1-3H2,(H,8,9);/q;+1/p-1. The smallest absolute Gasteiger partial charge is 0.549 e. The Balaban J connectivity index is 0.000000810. The molecule has 0 amide bonds. The Morgan fingerprint density at radius 1 is 1.60 bits per heavy atom. The molecule has 50 valence electrons. The Hall–Kier alpha value is 0.140. The normalized spacial score (nSPS) is 24.0. The molecule has 3 nitrogen and oxygen atoms in total. The molecule has 0 radical (unpaired) electrons. The maximum absolute atomic E-state index is 10.6. The van der Waals surface area contributed by atoms with Crippen molar-refractivity contribution in [1.82, 2.24) is 0 Å². The number of Topliss-reactive ketones (excluding diaryl/α,β-unsaturated/α-hetero) is 1. The molecule has 0 aliphatic heterocycles. The van der Waals surface area contributed by atoms with E-state index in [1.54, 1.807) is 0 Å². The van der Waals surface area contributed by atoms with Crippen LogP contribution in [0.25, 0.3) is 0 Å². The number of hydrogen-bond acceptors (Lipinski definition) is 3. The van der Waals surface area contributed by atoms with Gasteiger partial charge in [-0.05, 0) is 12.8 Å². The summed E-state index contributed by atoms with van der Waals surface area (Å²) >= 11 is 0. The molecular weight excluding hydrogens is 143 g/mol. The summed E-state index contributed by atoms with van der Waals surface area (Å²) in [6, 6.07) is 0. The van der Waals surface area contributed by atoms with Gasteiger partial charge in [-0.3, -0.25) is 4.79 Å². The van der Waals surface area contributed by atoms with E-state index in [0.29, 0.717) is 19.3 Å². The Bertz CT molecular complexity index is 155. The first-order valence-corrected chi connectivity index (χ1v) is 2.95. The minimum absolute atomic E-state index is 0. The molecular formula is C6H7NaO3. The Kier molecular flexibility index (Phi) is 4.17. The maximum atomic E-state index is 10.6. The fourth-order valence-corrected chi connectivity index (χ4v) is 1.06. The van der Waals surface area contributed by atoms with Gasteiger partial charge in [-0.25, -0.2) is 0 Å². The molecule has 1 aliphatic carbocycles. The number of aliphatic carboxylic acids is 1. The summed E-state index contributed by atoms with van der Waals surface area (Å²) in [5.41, 5.74) is 0. The topological polar surface area (TPSA) is 57.2 Å². The van der Waals surface area contributed by atoms with Crippen LogP contribution in [0.2, 0.25) is 0 Å². The number of hydrogen-bond donors (Lipinski definition) is 0. The Morgan fingerprint density at radius 2 is 2.20 bits per heavy atom. The van der Waals surface area contributed by atoms with Crippen LogP contribution in [0.5, 0.6) is 0 Å². The van der Waals surface area contributed by atoms with Crippen molar-refractivity contribution in [2.45, 2.75) is 19.3 Å². The summed E-state index contributed by atoms with van der Waals surface area (Å²) in [6.45, 7) is 0. The molecule has 1 aliphatic rings. The van der Waals surface area contributed by atoms with Crippen LogP contribution >= 0.6 is 0 Å². The Morgan fingerprint density at radius 3 is 2.40 bits per heavy atom. The van der Waals surface area contributed by atoms with Gasteiger partial charge in [-0.15, -0.1) is 0 Å². The van der Waals surface area contributed by atoms with Crippen molar-refractivity contribution in [2.24, 2.45) is 5.92 Å². The monoisotopic (exact) mass is 150 g/mol. The molecule has 0 aromatic rings. The SMILES string of the molecule is O=C([O-])C1CCCC1=O.[Na+]. The van der Waals surface area contributed by atoms with Crippen LogP contribution in [0, 0.1) is 5.92 Å². The summed E-state index contributed by atoms with van der Waals surface area (Å²) in [5, 5.41) is 10.1. The molecule has 1 fully saturated rings. The van der Waals surface area contributed by atoms with Gasteiger partial charge in [-0.1, -0.05) is 0 Å². The fraction of sp³-hybridized carbons (Fsp3) is 0.667. The number of rotatable bonds is 1. The summed E-state index contributed by atoms with van der Waals surface area (Å²) in [7, 11) is 0. The average Bonchev–Trinajstić information content (AvgIpc) is 2.13. The number of carboxylic acids is 1. The first-order chi connectivity index (χ1) is 4.22. The van der Waals surface area contributed by atoms with Crippen molar-refractivity contribution >= 4 is 11.8 Å². The largest absolute Gasteiger partial charge is 1.00 e. The van der Waals surface area contributed by atoms with Crippen molar-refractivity contribution in [1.29, 1.82) is 0 Å². The number of ketones is 1. The first kappa shape index (κ1) is 10.1. The summed E-state index contributed by atoms with van der Waals surface area (Å²) in [4.78, 5) is 20.7. The second kappa shape index (κ2) is 4.11. The van der Waals surface area contributed by atoms with Crippen LogP contribution in [0.15, 0.2) is 0 Å². The van der Waals surface area contributed by atoms with Crippen LogP contribution in [0.1, 0.15) is 19.3 Å².